The van der Waals surface area contributed by atoms with E-state index < -0.39 is 15.4 Å². The van der Waals surface area contributed by atoms with E-state index in [4.69, 9.17) is 4.74 Å². The first-order valence-electron chi connectivity index (χ1n) is 10.2. The molecule has 6 heteroatoms. The monoisotopic (exact) mass is 416 g/mol. The van der Waals surface area contributed by atoms with Crippen molar-refractivity contribution in [3.63, 3.8) is 0 Å². The van der Waals surface area contributed by atoms with Gasteiger partial charge in [0.05, 0.1) is 18.1 Å². The second kappa shape index (κ2) is 7.74. The molecule has 156 valence electrons. The van der Waals surface area contributed by atoms with Crippen LogP contribution in [0.15, 0.2) is 30.3 Å². The molecule has 1 aliphatic heterocycles. The molecule has 29 heavy (non-hydrogen) atoms. The molecule has 0 unspecified atom stereocenters. The number of aliphatic hydroxyl groups excluding tert-OH is 1. The van der Waals surface area contributed by atoms with Gasteiger partial charge in [-0.25, -0.2) is 8.42 Å². The number of rotatable bonds is 4. The standard InChI is InChI=1S/C23H28O5S/c1-16-11-20(28-15-23(25)7-9-29(26,27)10-8-23)13-19-4-2-3-18-6-5-17(14-24)12-21(18)22(16)19/h5-6,11-13,24-25H,2-4,7-10,14-15H2,1H3. The Morgan fingerprint density at radius 3 is 2.52 bits per heavy atom. The molecule has 1 heterocycles. The number of aliphatic hydroxyl groups is 2. The van der Waals surface area contributed by atoms with E-state index in [1.807, 2.05) is 18.2 Å². The number of ether oxygens (including phenoxy) is 1. The maximum absolute atomic E-state index is 11.6. The third-order valence-corrected chi connectivity index (χ3v) is 7.83. The molecule has 0 saturated carbocycles. The highest BCUT2D eigenvalue weighted by molar-refractivity contribution is 7.91. The van der Waals surface area contributed by atoms with E-state index in [0.717, 1.165) is 30.4 Å². The summed E-state index contributed by atoms with van der Waals surface area (Å²) in [4.78, 5) is 0. The van der Waals surface area contributed by atoms with Crippen molar-refractivity contribution in [2.45, 2.75) is 51.2 Å². The average Bonchev–Trinajstić information content (AvgIpc) is 2.88. The fourth-order valence-corrected chi connectivity index (χ4v) is 6.00. The third kappa shape index (κ3) is 4.34. The Bertz CT molecular complexity index is 1010. The van der Waals surface area contributed by atoms with Crippen LogP contribution in [-0.2, 0) is 29.3 Å². The lowest BCUT2D eigenvalue weighted by Gasteiger charge is -2.31. The molecule has 5 nitrogen and oxygen atoms in total. The maximum Gasteiger partial charge on any atom is 0.150 e. The van der Waals surface area contributed by atoms with Crippen LogP contribution in [-0.4, -0.2) is 42.3 Å². The zero-order valence-electron chi connectivity index (χ0n) is 16.8. The Balaban J connectivity index is 1.59. The van der Waals surface area contributed by atoms with Crippen molar-refractivity contribution in [1.82, 2.24) is 0 Å². The van der Waals surface area contributed by atoms with Crippen molar-refractivity contribution in [2.24, 2.45) is 0 Å². The van der Waals surface area contributed by atoms with Gasteiger partial charge in [-0.3, -0.25) is 0 Å². The van der Waals surface area contributed by atoms with Gasteiger partial charge in [0.15, 0.2) is 9.84 Å². The Labute approximate surface area is 172 Å². The summed E-state index contributed by atoms with van der Waals surface area (Å²) in [7, 11) is -3.03. The van der Waals surface area contributed by atoms with Gasteiger partial charge in [-0.2, -0.15) is 0 Å². The summed E-state index contributed by atoms with van der Waals surface area (Å²) in [5.74, 6) is 0.741. The van der Waals surface area contributed by atoms with E-state index >= 15 is 0 Å². The van der Waals surface area contributed by atoms with Crippen molar-refractivity contribution in [3.8, 4) is 16.9 Å². The van der Waals surface area contributed by atoms with Gasteiger partial charge in [0, 0.05) is 0 Å². The number of fused-ring (bicyclic) bond motifs is 3. The Morgan fingerprint density at radius 2 is 1.79 bits per heavy atom. The number of hydrogen-bond acceptors (Lipinski definition) is 5. The highest BCUT2D eigenvalue weighted by atomic mass is 32.2. The van der Waals surface area contributed by atoms with E-state index in [1.165, 1.54) is 22.3 Å². The fraction of sp³-hybridized carbons (Fsp3) is 0.478. The molecule has 0 radical (unpaired) electrons. The SMILES string of the molecule is Cc1cc(OCC2(O)CCS(=O)(=O)CC2)cc2c1-c1cc(CO)ccc1CCC2. The molecule has 1 aliphatic carbocycles. The molecule has 2 aromatic carbocycles. The van der Waals surface area contributed by atoms with Gasteiger partial charge in [-0.1, -0.05) is 12.1 Å². The van der Waals surface area contributed by atoms with E-state index in [2.05, 4.69) is 19.1 Å². The lowest BCUT2D eigenvalue weighted by Crippen LogP contribution is -2.43. The summed E-state index contributed by atoms with van der Waals surface area (Å²) in [5.41, 5.74) is 5.84. The van der Waals surface area contributed by atoms with E-state index in [1.54, 1.807) is 0 Å². The van der Waals surface area contributed by atoms with Crippen molar-refractivity contribution in [2.75, 3.05) is 18.1 Å². The molecule has 1 saturated heterocycles. The van der Waals surface area contributed by atoms with Gasteiger partial charge in [-0.05, 0) is 90.6 Å². The molecule has 0 amide bonds. The van der Waals surface area contributed by atoms with E-state index in [-0.39, 0.29) is 37.6 Å². The largest absolute Gasteiger partial charge is 0.491 e. The Kier molecular flexibility index (Phi) is 5.44. The molecule has 0 spiro atoms. The van der Waals surface area contributed by atoms with Gasteiger partial charge in [-0.15, -0.1) is 0 Å². The molecule has 2 aliphatic rings. The summed E-state index contributed by atoms with van der Waals surface area (Å²) < 4.78 is 29.2. The van der Waals surface area contributed by atoms with Gasteiger partial charge >= 0.3 is 0 Å². The minimum absolute atomic E-state index is 0.0139. The van der Waals surface area contributed by atoms with Crippen molar-refractivity contribution in [1.29, 1.82) is 0 Å². The summed E-state index contributed by atoms with van der Waals surface area (Å²) in [5, 5.41) is 20.2. The van der Waals surface area contributed by atoms with E-state index in [9.17, 15) is 18.6 Å². The molecular weight excluding hydrogens is 388 g/mol. The zero-order chi connectivity index (χ0) is 20.6. The Morgan fingerprint density at radius 1 is 1.07 bits per heavy atom. The first-order chi connectivity index (χ1) is 13.8. The topological polar surface area (TPSA) is 83.8 Å². The predicted molar refractivity (Wildman–Crippen MR) is 113 cm³/mol. The van der Waals surface area contributed by atoms with Crippen LogP contribution in [0, 0.1) is 6.92 Å². The number of sulfone groups is 1. The highest BCUT2D eigenvalue weighted by Crippen LogP contribution is 2.38. The highest BCUT2D eigenvalue weighted by Gasteiger charge is 2.36. The number of benzene rings is 2. The molecule has 4 rings (SSSR count). The molecule has 0 atom stereocenters. The molecule has 2 N–H and O–H groups in total. The zero-order valence-corrected chi connectivity index (χ0v) is 17.6. The van der Waals surface area contributed by atoms with Crippen LogP contribution in [0.5, 0.6) is 5.75 Å². The smallest absolute Gasteiger partial charge is 0.150 e. The predicted octanol–water partition coefficient (Wildman–Crippen LogP) is 2.96. The van der Waals surface area contributed by atoms with Crippen LogP contribution < -0.4 is 4.74 Å². The minimum atomic E-state index is -3.03. The summed E-state index contributed by atoms with van der Waals surface area (Å²) in [6.07, 6.45) is 3.43. The quantitative estimate of drug-likeness (QED) is 0.801. The van der Waals surface area contributed by atoms with Gasteiger partial charge in [0.1, 0.15) is 18.0 Å². The molecule has 0 bridgehead atoms. The second-order valence-electron chi connectivity index (χ2n) is 8.44. The molecular formula is C23H28O5S. The fourth-order valence-electron chi connectivity index (χ4n) is 4.41. The maximum atomic E-state index is 11.6. The lowest BCUT2D eigenvalue weighted by molar-refractivity contribution is -0.0128. The van der Waals surface area contributed by atoms with Crippen molar-refractivity contribution < 1.29 is 23.4 Å². The average molecular weight is 417 g/mol. The van der Waals surface area contributed by atoms with Gasteiger partial charge < -0.3 is 14.9 Å². The number of aryl methyl sites for hydroxylation is 3. The molecule has 2 aromatic rings. The normalized spacial score (nSPS) is 19.7. The van der Waals surface area contributed by atoms with Gasteiger partial charge in [0.25, 0.3) is 0 Å². The molecule has 1 fully saturated rings. The Hall–Kier alpha value is -1.89. The van der Waals surface area contributed by atoms with Crippen LogP contribution in [0.4, 0.5) is 0 Å². The van der Waals surface area contributed by atoms with E-state index in [0.29, 0.717) is 5.75 Å². The van der Waals surface area contributed by atoms with Crippen LogP contribution in [0.25, 0.3) is 11.1 Å². The van der Waals surface area contributed by atoms with Crippen LogP contribution >= 0.6 is 0 Å². The van der Waals surface area contributed by atoms with Crippen LogP contribution in [0.2, 0.25) is 0 Å². The minimum Gasteiger partial charge on any atom is -0.491 e. The third-order valence-electron chi connectivity index (χ3n) is 6.17. The first kappa shape index (κ1) is 20.4. The second-order valence-corrected chi connectivity index (χ2v) is 10.7. The number of hydrogen-bond donors (Lipinski definition) is 2. The van der Waals surface area contributed by atoms with Crippen molar-refractivity contribution in [3.05, 3.63) is 52.6 Å². The van der Waals surface area contributed by atoms with Gasteiger partial charge in [0.2, 0.25) is 0 Å². The van der Waals surface area contributed by atoms with Crippen LogP contribution in [0.1, 0.15) is 41.5 Å². The molecule has 0 aromatic heterocycles. The lowest BCUT2D eigenvalue weighted by atomic mass is 9.91. The van der Waals surface area contributed by atoms with Crippen LogP contribution in [0.3, 0.4) is 0 Å². The summed E-state index contributed by atoms with van der Waals surface area (Å²) >= 11 is 0. The summed E-state index contributed by atoms with van der Waals surface area (Å²) in [6, 6.07) is 10.2. The summed E-state index contributed by atoms with van der Waals surface area (Å²) in [6.45, 7) is 2.19. The van der Waals surface area contributed by atoms with Crippen molar-refractivity contribution >= 4 is 9.84 Å². The first-order valence-corrected chi connectivity index (χ1v) is 12.0.